The first-order chi connectivity index (χ1) is 9.20. The van der Waals surface area contributed by atoms with Crippen LogP contribution in [0.15, 0.2) is 54.6 Å². The number of rotatable bonds is 4. The molecule has 2 aromatic carbocycles. The van der Waals surface area contributed by atoms with Crippen molar-refractivity contribution in [2.45, 2.75) is 6.42 Å². The number of ketones is 1. The van der Waals surface area contributed by atoms with E-state index >= 15 is 0 Å². The van der Waals surface area contributed by atoms with Gasteiger partial charge in [-0.2, -0.15) is 0 Å². The van der Waals surface area contributed by atoms with Gasteiger partial charge in [0.25, 0.3) is 0 Å². The molecule has 19 heavy (non-hydrogen) atoms. The van der Waals surface area contributed by atoms with Crippen LogP contribution in [0.25, 0.3) is 11.1 Å². The molecule has 3 nitrogen and oxygen atoms in total. The summed E-state index contributed by atoms with van der Waals surface area (Å²) in [5.41, 5.74) is 2.51. The Hall–Kier alpha value is -2.42. The molecule has 0 N–H and O–H groups in total. The van der Waals surface area contributed by atoms with Gasteiger partial charge in [-0.3, -0.25) is 9.59 Å². The topological polar surface area (TPSA) is 43.4 Å². The van der Waals surface area contributed by atoms with Crippen LogP contribution in [0.2, 0.25) is 0 Å². The van der Waals surface area contributed by atoms with Crippen molar-refractivity contribution in [3.8, 4) is 11.1 Å². The van der Waals surface area contributed by atoms with E-state index in [1.165, 1.54) is 7.11 Å². The van der Waals surface area contributed by atoms with E-state index in [9.17, 15) is 9.59 Å². The molecule has 0 heterocycles. The lowest BCUT2D eigenvalue weighted by Gasteiger charge is -2.04. The van der Waals surface area contributed by atoms with Crippen molar-refractivity contribution in [1.29, 1.82) is 0 Å². The summed E-state index contributed by atoms with van der Waals surface area (Å²) in [7, 11) is 1.27. The molecule has 3 heteroatoms. The summed E-state index contributed by atoms with van der Waals surface area (Å²) < 4.78 is 4.50. The van der Waals surface area contributed by atoms with Crippen LogP contribution in [0.3, 0.4) is 0 Å². The van der Waals surface area contributed by atoms with Crippen LogP contribution in [0.1, 0.15) is 16.8 Å². The lowest BCUT2D eigenvalue weighted by molar-refractivity contribution is -0.139. The molecule has 2 aromatic rings. The van der Waals surface area contributed by atoms with E-state index in [-0.39, 0.29) is 12.2 Å². The minimum atomic E-state index is -0.518. The summed E-state index contributed by atoms with van der Waals surface area (Å²) in [5.74, 6) is -0.750. The SMILES string of the molecule is COC(=O)CC(=O)c1cccc(-c2ccccc2)c1. The zero-order valence-corrected chi connectivity index (χ0v) is 10.6. The number of hydrogen-bond donors (Lipinski definition) is 0. The molecule has 0 aliphatic carbocycles. The number of ether oxygens (including phenoxy) is 1. The minimum Gasteiger partial charge on any atom is -0.469 e. The summed E-state index contributed by atoms with van der Waals surface area (Å²) in [6.45, 7) is 0. The number of benzene rings is 2. The molecule has 0 spiro atoms. The van der Waals surface area contributed by atoms with Crippen LogP contribution in [-0.4, -0.2) is 18.9 Å². The van der Waals surface area contributed by atoms with Crippen molar-refractivity contribution < 1.29 is 14.3 Å². The molecule has 2 rings (SSSR count). The monoisotopic (exact) mass is 254 g/mol. The molecule has 0 aromatic heterocycles. The Kier molecular flexibility index (Phi) is 4.08. The van der Waals surface area contributed by atoms with Crippen LogP contribution in [0, 0.1) is 0 Å². The molecule has 0 bridgehead atoms. The van der Waals surface area contributed by atoms with E-state index in [1.54, 1.807) is 12.1 Å². The van der Waals surface area contributed by atoms with E-state index in [1.807, 2.05) is 42.5 Å². The van der Waals surface area contributed by atoms with Crippen molar-refractivity contribution in [3.63, 3.8) is 0 Å². The lowest BCUT2D eigenvalue weighted by atomic mass is 10.0. The number of esters is 1. The number of hydrogen-bond acceptors (Lipinski definition) is 3. The molecule has 0 aliphatic heterocycles. The Morgan fingerprint density at radius 2 is 1.63 bits per heavy atom. The summed E-state index contributed by atoms with van der Waals surface area (Å²) in [4.78, 5) is 23.0. The molecule has 0 atom stereocenters. The van der Waals surface area contributed by atoms with Gasteiger partial charge in [0.15, 0.2) is 5.78 Å². The van der Waals surface area contributed by atoms with Crippen LogP contribution < -0.4 is 0 Å². The van der Waals surface area contributed by atoms with Gasteiger partial charge >= 0.3 is 5.97 Å². The summed E-state index contributed by atoms with van der Waals surface area (Å²) in [6, 6.07) is 17.0. The maximum atomic E-state index is 11.9. The van der Waals surface area contributed by atoms with Crippen molar-refractivity contribution in [2.75, 3.05) is 7.11 Å². The van der Waals surface area contributed by atoms with Gasteiger partial charge in [0.2, 0.25) is 0 Å². The highest BCUT2D eigenvalue weighted by atomic mass is 16.5. The zero-order valence-electron chi connectivity index (χ0n) is 10.6. The molecule has 0 fully saturated rings. The molecule has 0 amide bonds. The van der Waals surface area contributed by atoms with Gasteiger partial charge in [0, 0.05) is 5.56 Å². The lowest BCUT2D eigenvalue weighted by Crippen LogP contribution is -2.09. The van der Waals surface area contributed by atoms with Gasteiger partial charge in [-0.15, -0.1) is 0 Å². The summed E-state index contributed by atoms with van der Waals surface area (Å²) in [6.07, 6.45) is -0.227. The zero-order chi connectivity index (χ0) is 13.7. The highest BCUT2D eigenvalue weighted by Crippen LogP contribution is 2.20. The number of methoxy groups -OCH3 is 1. The fourth-order valence-electron chi connectivity index (χ4n) is 1.81. The summed E-state index contributed by atoms with van der Waals surface area (Å²) >= 11 is 0. The molecular weight excluding hydrogens is 240 g/mol. The summed E-state index contributed by atoms with van der Waals surface area (Å²) in [5, 5.41) is 0. The van der Waals surface area contributed by atoms with Crippen molar-refractivity contribution >= 4 is 11.8 Å². The second kappa shape index (κ2) is 5.96. The maximum absolute atomic E-state index is 11.9. The molecule has 0 saturated carbocycles. The third-order valence-electron chi connectivity index (χ3n) is 2.82. The standard InChI is InChI=1S/C16H14O3/c1-19-16(18)11-15(17)14-9-5-8-13(10-14)12-6-3-2-4-7-12/h2-10H,11H2,1H3. The van der Waals surface area contributed by atoms with Crippen LogP contribution in [0.5, 0.6) is 0 Å². The predicted molar refractivity (Wildman–Crippen MR) is 72.8 cm³/mol. The second-order valence-electron chi connectivity index (χ2n) is 4.12. The van der Waals surface area contributed by atoms with Crippen molar-refractivity contribution in [3.05, 3.63) is 60.2 Å². The van der Waals surface area contributed by atoms with Gasteiger partial charge in [0.05, 0.1) is 7.11 Å². The molecule has 0 unspecified atom stereocenters. The number of carbonyl (C=O) groups is 2. The van der Waals surface area contributed by atoms with Crippen molar-refractivity contribution in [2.24, 2.45) is 0 Å². The predicted octanol–water partition coefficient (Wildman–Crippen LogP) is 3.10. The fourth-order valence-corrected chi connectivity index (χ4v) is 1.81. The number of carbonyl (C=O) groups excluding carboxylic acids is 2. The Labute approximate surface area is 111 Å². The van der Waals surface area contributed by atoms with E-state index in [0.717, 1.165) is 11.1 Å². The minimum absolute atomic E-state index is 0.227. The fraction of sp³-hybridized carbons (Fsp3) is 0.125. The van der Waals surface area contributed by atoms with Gasteiger partial charge in [-0.05, 0) is 17.2 Å². The van der Waals surface area contributed by atoms with E-state index in [4.69, 9.17) is 0 Å². The molecule has 0 radical (unpaired) electrons. The van der Waals surface area contributed by atoms with Crippen LogP contribution in [0.4, 0.5) is 0 Å². The highest BCUT2D eigenvalue weighted by molar-refractivity contribution is 6.06. The Bertz CT molecular complexity index is 588. The van der Waals surface area contributed by atoms with Crippen LogP contribution in [-0.2, 0) is 9.53 Å². The molecular formula is C16H14O3. The number of Topliss-reactive ketones (excluding diaryl/α,β-unsaturated/α-hetero) is 1. The van der Waals surface area contributed by atoms with Crippen molar-refractivity contribution in [1.82, 2.24) is 0 Å². The first kappa shape index (κ1) is 13.0. The smallest absolute Gasteiger partial charge is 0.313 e. The Morgan fingerprint density at radius 1 is 0.947 bits per heavy atom. The van der Waals surface area contributed by atoms with Gasteiger partial charge in [-0.25, -0.2) is 0 Å². The second-order valence-corrected chi connectivity index (χ2v) is 4.12. The maximum Gasteiger partial charge on any atom is 0.313 e. The molecule has 0 saturated heterocycles. The average molecular weight is 254 g/mol. The van der Waals surface area contributed by atoms with Crippen LogP contribution >= 0.6 is 0 Å². The molecule has 0 aliphatic rings. The first-order valence-corrected chi connectivity index (χ1v) is 5.96. The normalized spacial score (nSPS) is 9.95. The molecule has 96 valence electrons. The van der Waals surface area contributed by atoms with Gasteiger partial charge in [-0.1, -0.05) is 48.5 Å². The third-order valence-corrected chi connectivity index (χ3v) is 2.82. The first-order valence-electron chi connectivity index (χ1n) is 5.96. The third kappa shape index (κ3) is 3.28. The van der Waals surface area contributed by atoms with E-state index in [0.29, 0.717) is 5.56 Å². The average Bonchev–Trinajstić information content (AvgIpc) is 2.48. The van der Waals surface area contributed by atoms with Gasteiger partial charge < -0.3 is 4.74 Å². The quantitative estimate of drug-likeness (QED) is 0.478. The largest absolute Gasteiger partial charge is 0.469 e. The van der Waals surface area contributed by atoms with E-state index in [2.05, 4.69) is 4.74 Å². The Morgan fingerprint density at radius 3 is 2.32 bits per heavy atom. The Balaban J connectivity index is 2.25. The van der Waals surface area contributed by atoms with E-state index < -0.39 is 5.97 Å². The van der Waals surface area contributed by atoms with Gasteiger partial charge in [0.1, 0.15) is 6.42 Å². The highest BCUT2D eigenvalue weighted by Gasteiger charge is 2.12.